The number of piperidine rings is 1. The lowest BCUT2D eigenvalue weighted by molar-refractivity contribution is -0.118. The third kappa shape index (κ3) is 4.95. The Kier molecular flexibility index (Phi) is 5.91. The lowest BCUT2D eigenvalue weighted by Gasteiger charge is -2.30. The van der Waals surface area contributed by atoms with E-state index in [1.165, 1.54) is 18.6 Å². The zero-order chi connectivity index (χ0) is 17.6. The predicted molar refractivity (Wildman–Crippen MR) is 101 cm³/mol. The topological polar surface area (TPSA) is 41.6 Å². The molecule has 2 aromatic rings. The van der Waals surface area contributed by atoms with Crippen LogP contribution in [-0.4, -0.2) is 25.6 Å². The summed E-state index contributed by atoms with van der Waals surface area (Å²) in [7, 11) is 0. The first-order chi connectivity index (χ1) is 12.1. The van der Waals surface area contributed by atoms with E-state index in [2.05, 4.69) is 26.1 Å². The summed E-state index contributed by atoms with van der Waals surface area (Å²) in [5.41, 5.74) is 1.35. The van der Waals surface area contributed by atoms with Gasteiger partial charge in [-0.15, -0.1) is 0 Å². The molecule has 0 saturated carbocycles. The first kappa shape index (κ1) is 17.7. The second-order valence-corrected chi connectivity index (χ2v) is 6.92. The quantitative estimate of drug-likeness (QED) is 0.788. The van der Waals surface area contributed by atoms with Crippen LogP contribution in [0.15, 0.2) is 46.9 Å². The second kappa shape index (κ2) is 8.34. The van der Waals surface area contributed by atoms with Gasteiger partial charge in [-0.3, -0.25) is 4.79 Å². The maximum atomic E-state index is 13.6. The van der Waals surface area contributed by atoms with E-state index in [0.29, 0.717) is 11.4 Å². The van der Waals surface area contributed by atoms with Gasteiger partial charge in [0.15, 0.2) is 6.61 Å². The van der Waals surface area contributed by atoms with E-state index in [4.69, 9.17) is 4.74 Å². The SMILES string of the molecule is O=C(COc1ccc(Br)cc1)Nc1cc(F)ccc1N1CCCCC1. The van der Waals surface area contributed by atoms with Crippen LogP contribution in [0.1, 0.15) is 19.3 Å². The molecule has 0 radical (unpaired) electrons. The fourth-order valence-corrected chi connectivity index (χ4v) is 3.15. The van der Waals surface area contributed by atoms with E-state index >= 15 is 0 Å². The molecular formula is C19H20BrFN2O2. The summed E-state index contributed by atoms with van der Waals surface area (Å²) in [6.45, 7) is 1.71. The molecular weight excluding hydrogens is 387 g/mol. The normalized spacial score (nSPS) is 14.2. The maximum absolute atomic E-state index is 13.6. The molecule has 4 nitrogen and oxygen atoms in total. The van der Waals surface area contributed by atoms with Crippen molar-refractivity contribution in [3.63, 3.8) is 0 Å². The zero-order valence-electron chi connectivity index (χ0n) is 13.8. The molecule has 6 heteroatoms. The van der Waals surface area contributed by atoms with Crippen LogP contribution in [0.25, 0.3) is 0 Å². The van der Waals surface area contributed by atoms with Crippen LogP contribution >= 0.6 is 15.9 Å². The number of nitrogens with one attached hydrogen (secondary N) is 1. The van der Waals surface area contributed by atoms with Crippen LogP contribution in [0, 0.1) is 5.82 Å². The highest BCUT2D eigenvalue weighted by molar-refractivity contribution is 9.10. The summed E-state index contributed by atoms with van der Waals surface area (Å²) >= 11 is 3.35. The van der Waals surface area contributed by atoms with Crippen LogP contribution in [0.4, 0.5) is 15.8 Å². The Bertz CT molecular complexity index is 731. The Morgan fingerprint density at radius 1 is 1.12 bits per heavy atom. The minimum Gasteiger partial charge on any atom is -0.484 e. The van der Waals surface area contributed by atoms with E-state index in [1.807, 2.05) is 12.1 Å². The Labute approximate surface area is 155 Å². The molecule has 1 aliphatic rings. The third-order valence-electron chi connectivity index (χ3n) is 4.11. The highest BCUT2D eigenvalue weighted by atomic mass is 79.9. The summed E-state index contributed by atoms with van der Waals surface area (Å²) in [4.78, 5) is 14.4. The van der Waals surface area contributed by atoms with Gasteiger partial charge in [-0.2, -0.15) is 0 Å². The van der Waals surface area contributed by atoms with Gasteiger partial charge in [0.05, 0.1) is 11.4 Å². The van der Waals surface area contributed by atoms with Crippen molar-refractivity contribution in [2.24, 2.45) is 0 Å². The molecule has 1 heterocycles. The first-order valence-electron chi connectivity index (χ1n) is 8.34. The average molecular weight is 407 g/mol. The minimum atomic E-state index is -0.370. The van der Waals surface area contributed by atoms with Crippen LogP contribution in [-0.2, 0) is 4.79 Å². The van der Waals surface area contributed by atoms with E-state index in [9.17, 15) is 9.18 Å². The molecule has 1 amide bonds. The number of hydrogen-bond donors (Lipinski definition) is 1. The van der Waals surface area contributed by atoms with Crippen LogP contribution in [0.2, 0.25) is 0 Å². The summed E-state index contributed by atoms with van der Waals surface area (Å²) in [5, 5.41) is 2.78. The number of ether oxygens (including phenoxy) is 1. The smallest absolute Gasteiger partial charge is 0.262 e. The number of nitrogens with zero attached hydrogens (tertiary/aromatic N) is 1. The zero-order valence-corrected chi connectivity index (χ0v) is 15.4. The van der Waals surface area contributed by atoms with Crippen molar-refractivity contribution in [2.75, 3.05) is 29.9 Å². The summed E-state index contributed by atoms with van der Waals surface area (Å²) in [6.07, 6.45) is 3.43. The van der Waals surface area contributed by atoms with Gasteiger partial charge in [0.25, 0.3) is 5.91 Å². The van der Waals surface area contributed by atoms with E-state index in [1.54, 1.807) is 18.2 Å². The number of carbonyl (C=O) groups excluding carboxylic acids is 1. The molecule has 1 saturated heterocycles. The number of hydrogen-bond acceptors (Lipinski definition) is 3. The highest BCUT2D eigenvalue weighted by Crippen LogP contribution is 2.29. The molecule has 1 N–H and O–H groups in total. The molecule has 25 heavy (non-hydrogen) atoms. The summed E-state index contributed by atoms with van der Waals surface area (Å²) in [5.74, 6) is -0.0782. The van der Waals surface area contributed by atoms with Crippen molar-refractivity contribution >= 4 is 33.2 Å². The molecule has 132 valence electrons. The molecule has 0 aromatic heterocycles. The van der Waals surface area contributed by atoms with Crippen molar-refractivity contribution in [3.05, 3.63) is 52.8 Å². The van der Waals surface area contributed by atoms with Crippen LogP contribution < -0.4 is 15.0 Å². The number of amides is 1. The second-order valence-electron chi connectivity index (χ2n) is 6.00. The number of anilines is 2. The Hall–Kier alpha value is -2.08. The van der Waals surface area contributed by atoms with Gasteiger partial charge in [0.1, 0.15) is 11.6 Å². The molecule has 0 spiro atoms. The molecule has 1 fully saturated rings. The Morgan fingerprint density at radius 3 is 2.56 bits per heavy atom. The van der Waals surface area contributed by atoms with E-state index in [0.717, 1.165) is 36.1 Å². The monoisotopic (exact) mass is 406 g/mol. The number of rotatable bonds is 5. The minimum absolute atomic E-state index is 0.127. The highest BCUT2D eigenvalue weighted by Gasteiger charge is 2.16. The van der Waals surface area contributed by atoms with Gasteiger partial charge in [-0.25, -0.2) is 4.39 Å². The molecule has 0 aliphatic carbocycles. The van der Waals surface area contributed by atoms with Crippen molar-refractivity contribution in [1.29, 1.82) is 0 Å². The first-order valence-corrected chi connectivity index (χ1v) is 9.14. The lowest BCUT2D eigenvalue weighted by atomic mass is 10.1. The van der Waals surface area contributed by atoms with E-state index in [-0.39, 0.29) is 18.3 Å². The average Bonchev–Trinajstić information content (AvgIpc) is 2.62. The Balaban J connectivity index is 1.65. The van der Waals surface area contributed by atoms with Crippen molar-refractivity contribution < 1.29 is 13.9 Å². The fourth-order valence-electron chi connectivity index (χ4n) is 2.88. The summed E-state index contributed by atoms with van der Waals surface area (Å²) < 4.78 is 20.1. The van der Waals surface area contributed by atoms with Crippen molar-refractivity contribution in [3.8, 4) is 5.75 Å². The maximum Gasteiger partial charge on any atom is 0.262 e. The molecule has 2 aromatic carbocycles. The van der Waals surface area contributed by atoms with Crippen LogP contribution in [0.3, 0.4) is 0 Å². The standard InChI is InChI=1S/C19H20BrFN2O2/c20-14-4-7-16(8-5-14)25-13-19(24)22-17-12-15(21)6-9-18(17)23-10-2-1-3-11-23/h4-9,12H,1-3,10-11,13H2,(H,22,24). The van der Waals surface area contributed by atoms with Crippen molar-refractivity contribution in [2.45, 2.75) is 19.3 Å². The van der Waals surface area contributed by atoms with Gasteiger partial charge in [0.2, 0.25) is 0 Å². The largest absolute Gasteiger partial charge is 0.484 e. The predicted octanol–water partition coefficient (Wildman–Crippen LogP) is 4.60. The Morgan fingerprint density at radius 2 is 1.84 bits per heavy atom. The molecule has 1 aliphatic heterocycles. The lowest BCUT2D eigenvalue weighted by Crippen LogP contribution is -2.31. The number of halogens is 2. The fraction of sp³-hybridized carbons (Fsp3) is 0.316. The van der Waals surface area contributed by atoms with Gasteiger partial charge >= 0.3 is 0 Å². The molecule has 0 atom stereocenters. The number of carbonyl (C=O) groups is 1. The van der Waals surface area contributed by atoms with Crippen molar-refractivity contribution in [1.82, 2.24) is 0 Å². The van der Waals surface area contributed by atoms with Crippen LogP contribution in [0.5, 0.6) is 5.75 Å². The van der Waals surface area contributed by atoms with Gasteiger partial charge in [0, 0.05) is 17.6 Å². The van der Waals surface area contributed by atoms with Gasteiger partial charge in [-0.1, -0.05) is 15.9 Å². The van der Waals surface area contributed by atoms with Gasteiger partial charge < -0.3 is 15.0 Å². The van der Waals surface area contributed by atoms with E-state index < -0.39 is 0 Å². The third-order valence-corrected chi connectivity index (χ3v) is 4.64. The molecule has 3 rings (SSSR count). The van der Waals surface area contributed by atoms with Gasteiger partial charge in [-0.05, 0) is 61.7 Å². The molecule has 0 unspecified atom stereocenters. The summed E-state index contributed by atoms with van der Waals surface area (Å²) in [6, 6.07) is 11.8. The molecule has 0 bridgehead atoms. The number of benzene rings is 2.